The fourth-order valence-corrected chi connectivity index (χ4v) is 2.05. The van der Waals surface area contributed by atoms with Crippen molar-refractivity contribution in [3.63, 3.8) is 0 Å². The lowest BCUT2D eigenvalue weighted by Crippen LogP contribution is -2.08. The third kappa shape index (κ3) is 1.95. The molecule has 0 aliphatic heterocycles. The second-order valence-corrected chi connectivity index (χ2v) is 4.20. The first-order valence-electron chi connectivity index (χ1n) is 5.45. The summed E-state index contributed by atoms with van der Waals surface area (Å²) in [7, 11) is 0. The van der Waals surface area contributed by atoms with Crippen molar-refractivity contribution < 1.29 is 0 Å². The van der Waals surface area contributed by atoms with Crippen LogP contribution in [0.3, 0.4) is 0 Å². The van der Waals surface area contributed by atoms with Crippen molar-refractivity contribution in [3.8, 4) is 0 Å². The normalized spacial score (nSPS) is 21.0. The van der Waals surface area contributed by atoms with Gasteiger partial charge in [0.25, 0.3) is 0 Å². The molecule has 78 valence electrons. The highest BCUT2D eigenvalue weighted by Gasteiger charge is 2.19. The van der Waals surface area contributed by atoms with Crippen LogP contribution in [0.1, 0.15) is 62.6 Å². The Morgan fingerprint density at radius 3 is 2.64 bits per heavy atom. The molecular formula is C10H18N4. The van der Waals surface area contributed by atoms with Crippen LogP contribution in [-0.2, 0) is 0 Å². The van der Waals surface area contributed by atoms with Crippen LogP contribution in [0.4, 0.5) is 0 Å². The quantitative estimate of drug-likeness (QED) is 0.755. The molecule has 0 saturated heterocycles. The predicted octanol–water partition coefficient (Wildman–Crippen LogP) is 1.87. The molecule has 1 heterocycles. The maximum atomic E-state index is 5.71. The van der Waals surface area contributed by atoms with Crippen LogP contribution >= 0.6 is 0 Å². The molecule has 1 atom stereocenters. The molecule has 1 aromatic rings. The van der Waals surface area contributed by atoms with Gasteiger partial charge < -0.3 is 5.73 Å². The van der Waals surface area contributed by atoms with Gasteiger partial charge in [0.1, 0.15) is 5.82 Å². The molecule has 4 heteroatoms. The highest BCUT2D eigenvalue weighted by atomic mass is 15.2. The predicted molar refractivity (Wildman–Crippen MR) is 54.8 cm³/mol. The van der Waals surface area contributed by atoms with Crippen LogP contribution in [0.2, 0.25) is 0 Å². The van der Waals surface area contributed by atoms with Crippen LogP contribution in [0, 0.1) is 0 Å². The third-order valence-electron chi connectivity index (χ3n) is 2.92. The number of aromatic amines is 1. The second-order valence-electron chi connectivity index (χ2n) is 4.20. The highest BCUT2D eigenvalue weighted by Crippen LogP contribution is 2.30. The van der Waals surface area contributed by atoms with E-state index in [2.05, 4.69) is 15.2 Å². The SMILES string of the molecule is C[C@H](N)c1n[nH]c(C2CCCCC2)n1. The minimum atomic E-state index is -0.0661. The maximum absolute atomic E-state index is 5.71. The standard InChI is InChI=1S/C10H18N4/c1-7(11)9-12-10(14-13-9)8-5-3-2-4-6-8/h7-8H,2-6,11H2,1H3,(H,12,13,14)/t7-/m0/s1. The van der Waals surface area contributed by atoms with Gasteiger partial charge in [-0.15, -0.1) is 0 Å². The van der Waals surface area contributed by atoms with Crippen molar-refractivity contribution in [1.82, 2.24) is 15.2 Å². The van der Waals surface area contributed by atoms with E-state index in [9.17, 15) is 0 Å². The van der Waals surface area contributed by atoms with E-state index in [1.165, 1.54) is 32.1 Å². The van der Waals surface area contributed by atoms with Gasteiger partial charge in [0.05, 0.1) is 6.04 Å². The van der Waals surface area contributed by atoms with Crippen LogP contribution < -0.4 is 5.73 Å². The fourth-order valence-electron chi connectivity index (χ4n) is 2.05. The van der Waals surface area contributed by atoms with Gasteiger partial charge in [-0.25, -0.2) is 4.98 Å². The molecule has 1 aliphatic carbocycles. The van der Waals surface area contributed by atoms with Crippen LogP contribution in [0.5, 0.6) is 0 Å². The van der Waals surface area contributed by atoms with Gasteiger partial charge >= 0.3 is 0 Å². The maximum Gasteiger partial charge on any atom is 0.167 e. The first kappa shape index (κ1) is 9.65. The van der Waals surface area contributed by atoms with Gasteiger partial charge in [-0.1, -0.05) is 19.3 Å². The molecule has 0 bridgehead atoms. The number of hydrogen-bond donors (Lipinski definition) is 2. The molecule has 1 aromatic heterocycles. The summed E-state index contributed by atoms with van der Waals surface area (Å²) in [5, 5.41) is 7.15. The Bertz CT molecular complexity index is 286. The topological polar surface area (TPSA) is 67.6 Å². The molecule has 0 spiro atoms. The number of rotatable bonds is 2. The Labute approximate surface area is 84.3 Å². The zero-order chi connectivity index (χ0) is 9.97. The number of nitrogens with zero attached hydrogens (tertiary/aromatic N) is 2. The number of hydrogen-bond acceptors (Lipinski definition) is 3. The summed E-state index contributed by atoms with van der Waals surface area (Å²) in [6.07, 6.45) is 6.49. The number of H-pyrrole nitrogens is 1. The molecular weight excluding hydrogens is 176 g/mol. The smallest absolute Gasteiger partial charge is 0.167 e. The number of nitrogens with one attached hydrogen (secondary N) is 1. The highest BCUT2D eigenvalue weighted by molar-refractivity contribution is 5.01. The van der Waals surface area contributed by atoms with Crippen LogP contribution in [0.15, 0.2) is 0 Å². The van der Waals surface area contributed by atoms with E-state index >= 15 is 0 Å². The van der Waals surface area contributed by atoms with Crippen LogP contribution in [0.25, 0.3) is 0 Å². The Balaban J connectivity index is 2.07. The minimum absolute atomic E-state index is 0.0661. The van der Waals surface area contributed by atoms with Crippen LogP contribution in [-0.4, -0.2) is 15.2 Å². The lowest BCUT2D eigenvalue weighted by molar-refractivity contribution is 0.429. The van der Waals surface area contributed by atoms with E-state index < -0.39 is 0 Å². The van der Waals surface area contributed by atoms with Gasteiger partial charge in [0.2, 0.25) is 0 Å². The molecule has 0 radical (unpaired) electrons. The first-order valence-corrected chi connectivity index (χ1v) is 5.45. The van der Waals surface area contributed by atoms with Gasteiger partial charge in [-0.3, -0.25) is 5.10 Å². The summed E-state index contributed by atoms with van der Waals surface area (Å²) in [5.74, 6) is 2.37. The minimum Gasteiger partial charge on any atom is -0.321 e. The molecule has 14 heavy (non-hydrogen) atoms. The van der Waals surface area contributed by atoms with Gasteiger partial charge in [-0.2, -0.15) is 5.10 Å². The Morgan fingerprint density at radius 1 is 1.36 bits per heavy atom. The first-order chi connectivity index (χ1) is 6.77. The van der Waals surface area contributed by atoms with Gasteiger partial charge in [-0.05, 0) is 19.8 Å². The molecule has 1 fully saturated rings. The zero-order valence-electron chi connectivity index (χ0n) is 8.66. The summed E-state index contributed by atoms with van der Waals surface area (Å²) in [6.45, 7) is 1.91. The Hall–Kier alpha value is -0.900. The van der Waals surface area contributed by atoms with E-state index in [4.69, 9.17) is 5.73 Å². The van der Waals surface area contributed by atoms with E-state index in [0.29, 0.717) is 5.92 Å². The monoisotopic (exact) mass is 194 g/mol. The van der Waals surface area contributed by atoms with E-state index in [0.717, 1.165) is 11.6 Å². The number of nitrogens with two attached hydrogens (primary N) is 1. The van der Waals surface area contributed by atoms with Gasteiger partial charge in [0.15, 0.2) is 5.82 Å². The molecule has 1 saturated carbocycles. The molecule has 0 unspecified atom stereocenters. The fraction of sp³-hybridized carbons (Fsp3) is 0.800. The Morgan fingerprint density at radius 2 is 2.07 bits per heavy atom. The third-order valence-corrected chi connectivity index (χ3v) is 2.92. The largest absolute Gasteiger partial charge is 0.321 e. The summed E-state index contributed by atoms with van der Waals surface area (Å²) >= 11 is 0. The van der Waals surface area contributed by atoms with Crippen molar-refractivity contribution in [2.24, 2.45) is 5.73 Å². The average molecular weight is 194 g/mol. The van der Waals surface area contributed by atoms with Gasteiger partial charge in [0, 0.05) is 5.92 Å². The molecule has 1 aliphatic rings. The lowest BCUT2D eigenvalue weighted by Gasteiger charge is -2.18. The van der Waals surface area contributed by atoms with E-state index in [1.807, 2.05) is 6.92 Å². The lowest BCUT2D eigenvalue weighted by atomic mass is 9.89. The van der Waals surface area contributed by atoms with Crippen molar-refractivity contribution in [2.45, 2.75) is 51.0 Å². The van der Waals surface area contributed by atoms with E-state index in [1.54, 1.807) is 0 Å². The average Bonchev–Trinajstić information content (AvgIpc) is 2.68. The molecule has 2 rings (SSSR count). The zero-order valence-corrected chi connectivity index (χ0v) is 8.66. The van der Waals surface area contributed by atoms with Crippen molar-refractivity contribution in [2.75, 3.05) is 0 Å². The number of aromatic nitrogens is 3. The van der Waals surface area contributed by atoms with Crippen molar-refractivity contribution >= 4 is 0 Å². The second kappa shape index (κ2) is 4.09. The molecule has 4 nitrogen and oxygen atoms in total. The summed E-state index contributed by atoms with van der Waals surface area (Å²) < 4.78 is 0. The summed E-state index contributed by atoms with van der Waals surface area (Å²) in [6, 6.07) is -0.0661. The van der Waals surface area contributed by atoms with Crippen molar-refractivity contribution in [3.05, 3.63) is 11.6 Å². The molecule has 3 N–H and O–H groups in total. The molecule has 0 amide bonds. The molecule has 0 aromatic carbocycles. The summed E-state index contributed by atoms with van der Waals surface area (Å²) in [4.78, 5) is 4.44. The summed E-state index contributed by atoms with van der Waals surface area (Å²) in [5.41, 5.74) is 5.71. The van der Waals surface area contributed by atoms with Crippen molar-refractivity contribution in [1.29, 1.82) is 0 Å². The van der Waals surface area contributed by atoms with E-state index in [-0.39, 0.29) is 6.04 Å². The Kier molecular flexibility index (Phi) is 2.82.